The van der Waals surface area contributed by atoms with Crippen molar-refractivity contribution in [2.75, 3.05) is 19.7 Å². The fourth-order valence-corrected chi connectivity index (χ4v) is 3.65. The van der Waals surface area contributed by atoms with E-state index < -0.39 is 6.10 Å². The van der Waals surface area contributed by atoms with Gasteiger partial charge in [-0.05, 0) is 77.6 Å². The van der Waals surface area contributed by atoms with Gasteiger partial charge in [-0.25, -0.2) is 0 Å². The number of hydrogen-bond acceptors (Lipinski definition) is 3. The van der Waals surface area contributed by atoms with Gasteiger partial charge in [0.1, 0.15) is 18.5 Å². The first kappa shape index (κ1) is 15.3. The first-order valence-electron chi connectivity index (χ1n) is 7.87. The van der Waals surface area contributed by atoms with Crippen molar-refractivity contribution in [1.29, 1.82) is 0 Å². The Hall–Kier alpha value is -0.580. The molecule has 3 nitrogen and oxygen atoms in total. The molecule has 116 valence electrons. The number of ether oxygens (including phenoxy) is 1. The zero-order valence-electron chi connectivity index (χ0n) is 12.6. The first-order chi connectivity index (χ1) is 10.1. The van der Waals surface area contributed by atoms with E-state index in [1.807, 2.05) is 25.1 Å². The molecule has 2 N–H and O–H groups in total. The molecule has 0 bridgehead atoms. The molecule has 0 aliphatic heterocycles. The topological polar surface area (TPSA) is 41.5 Å². The SMILES string of the molecule is Cc1ccc(OCC(O)CNCC2(C3CC3)CC2)c(Br)c1. The summed E-state index contributed by atoms with van der Waals surface area (Å²) < 4.78 is 6.61. The molecule has 0 amide bonds. The van der Waals surface area contributed by atoms with E-state index in [4.69, 9.17) is 4.74 Å². The van der Waals surface area contributed by atoms with Crippen LogP contribution in [0.25, 0.3) is 0 Å². The summed E-state index contributed by atoms with van der Waals surface area (Å²) in [5.74, 6) is 1.75. The fourth-order valence-electron chi connectivity index (χ4n) is 3.04. The maximum atomic E-state index is 10.0. The molecule has 3 rings (SSSR count). The number of rotatable bonds is 8. The van der Waals surface area contributed by atoms with Gasteiger partial charge in [0.05, 0.1) is 4.47 Å². The lowest BCUT2D eigenvalue weighted by molar-refractivity contribution is 0.104. The van der Waals surface area contributed by atoms with Crippen LogP contribution in [0.15, 0.2) is 22.7 Å². The minimum atomic E-state index is -0.465. The third-order valence-electron chi connectivity index (χ3n) is 4.71. The van der Waals surface area contributed by atoms with Crippen molar-refractivity contribution in [2.24, 2.45) is 11.3 Å². The van der Waals surface area contributed by atoms with Gasteiger partial charge in [0.25, 0.3) is 0 Å². The van der Waals surface area contributed by atoms with Crippen molar-refractivity contribution in [3.05, 3.63) is 28.2 Å². The summed E-state index contributed by atoms with van der Waals surface area (Å²) in [5, 5.41) is 13.5. The maximum Gasteiger partial charge on any atom is 0.133 e. The Labute approximate surface area is 135 Å². The van der Waals surface area contributed by atoms with Crippen molar-refractivity contribution in [2.45, 2.75) is 38.7 Å². The van der Waals surface area contributed by atoms with Crippen molar-refractivity contribution in [3.8, 4) is 5.75 Å². The van der Waals surface area contributed by atoms with Gasteiger partial charge < -0.3 is 15.2 Å². The van der Waals surface area contributed by atoms with Gasteiger partial charge in [0.15, 0.2) is 0 Å². The Kier molecular flexibility index (Phi) is 4.57. The molecule has 1 aromatic carbocycles. The summed E-state index contributed by atoms with van der Waals surface area (Å²) in [6.07, 6.45) is 5.10. The normalized spacial score (nSPS) is 21.1. The Bertz CT molecular complexity index is 498. The molecule has 2 aliphatic rings. The van der Waals surface area contributed by atoms with E-state index in [-0.39, 0.29) is 0 Å². The maximum absolute atomic E-state index is 10.0. The largest absolute Gasteiger partial charge is 0.490 e. The Morgan fingerprint density at radius 2 is 2.19 bits per heavy atom. The second kappa shape index (κ2) is 6.27. The first-order valence-corrected chi connectivity index (χ1v) is 8.66. The molecule has 0 saturated heterocycles. The van der Waals surface area contributed by atoms with Crippen LogP contribution in [0.5, 0.6) is 5.75 Å². The highest BCUT2D eigenvalue weighted by Gasteiger charge is 2.53. The average molecular weight is 354 g/mol. The van der Waals surface area contributed by atoms with E-state index in [1.54, 1.807) is 0 Å². The molecule has 21 heavy (non-hydrogen) atoms. The predicted molar refractivity (Wildman–Crippen MR) is 87.6 cm³/mol. The molecule has 0 heterocycles. The van der Waals surface area contributed by atoms with Gasteiger partial charge in [-0.1, -0.05) is 6.07 Å². The summed E-state index contributed by atoms with van der Waals surface area (Å²) in [5.41, 5.74) is 1.77. The molecule has 2 fully saturated rings. The summed E-state index contributed by atoms with van der Waals surface area (Å²) in [7, 11) is 0. The quantitative estimate of drug-likeness (QED) is 0.753. The Morgan fingerprint density at radius 1 is 1.43 bits per heavy atom. The lowest BCUT2D eigenvalue weighted by Crippen LogP contribution is -2.35. The Morgan fingerprint density at radius 3 is 2.81 bits per heavy atom. The zero-order valence-corrected chi connectivity index (χ0v) is 14.2. The Balaban J connectivity index is 1.37. The van der Waals surface area contributed by atoms with Crippen LogP contribution in [-0.2, 0) is 0 Å². The second-order valence-electron chi connectivity index (χ2n) is 6.67. The summed E-state index contributed by atoms with van der Waals surface area (Å²) in [4.78, 5) is 0. The van der Waals surface area contributed by atoms with E-state index in [0.29, 0.717) is 18.6 Å². The summed E-state index contributed by atoms with van der Waals surface area (Å²) >= 11 is 3.48. The molecule has 2 aliphatic carbocycles. The lowest BCUT2D eigenvalue weighted by atomic mass is 10.0. The van der Waals surface area contributed by atoms with Gasteiger partial charge in [-0.15, -0.1) is 0 Å². The number of nitrogens with one attached hydrogen (secondary N) is 1. The van der Waals surface area contributed by atoms with Gasteiger partial charge in [-0.3, -0.25) is 0 Å². The monoisotopic (exact) mass is 353 g/mol. The van der Waals surface area contributed by atoms with Crippen LogP contribution in [0.4, 0.5) is 0 Å². The lowest BCUT2D eigenvalue weighted by Gasteiger charge is -2.18. The molecule has 0 radical (unpaired) electrons. The number of halogens is 1. The third-order valence-corrected chi connectivity index (χ3v) is 5.33. The number of aliphatic hydroxyl groups excluding tert-OH is 1. The van der Waals surface area contributed by atoms with Crippen molar-refractivity contribution in [3.63, 3.8) is 0 Å². The predicted octanol–water partition coefficient (Wildman–Crippen LogP) is 3.28. The van der Waals surface area contributed by atoms with Crippen molar-refractivity contribution < 1.29 is 9.84 Å². The van der Waals surface area contributed by atoms with Crippen LogP contribution in [0, 0.1) is 18.3 Å². The van der Waals surface area contributed by atoms with Gasteiger partial charge in [0.2, 0.25) is 0 Å². The van der Waals surface area contributed by atoms with Crippen LogP contribution < -0.4 is 10.1 Å². The molecule has 1 unspecified atom stereocenters. The number of aryl methyl sites for hydroxylation is 1. The number of benzene rings is 1. The third kappa shape index (κ3) is 3.99. The molecule has 1 aromatic rings. The van der Waals surface area contributed by atoms with Crippen molar-refractivity contribution >= 4 is 15.9 Å². The molecule has 1 atom stereocenters. The fraction of sp³-hybridized carbons (Fsp3) is 0.647. The smallest absolute Gasteiger partial charge is 0.133 e. The molecule has 0 aromatic heterocycles. The van der Waals surface area contributed by atoms with E-state index in [1.165, 1.54) is 31.2 Å². The highest BCUT2D eigenvalue weighted by Crippen LogP contribution is 2.60. The average Bonchev–Trinajstić information content (AvgIpc) is 3.30. The van der Waals surface area contributed by atoms with Crippen LogP contribution in [0.3, 0.4) is 0 Å². The standard InChI is InChI=1S/C17H24BrNO2/c1-12-2-5-16(15(18)8-12)21-10-14(20)9-19-11-17(6-7-17)13-3-4-13/h2,5,8,13-14,19-20H,3-4,6-7,9-11H2,1H3. The van der Waals surface area contributed by atoms with Gasteiger partial charge >= 0.3 is 0 Å². The highest BCUT2D eigenvalue weighted by molar-refractivity contribution is 9.10. The molecular weight excluding hydrogens is 330 g/mol. The summed E-state index contributed by atoms with van der Waals surface area (Å²) in [6.45, 7) is 4.03. The minimum Gasteiger partial charge on any atom is -0.490 e. The van der Waals surface area contributed by atoms with Crippen LogP contribution >= 0.6 is 15.9 Å². The van der Waals surface area contributed by atoms with Crippen LogP contribution in [0.2, 0.25) is 0 Å². The van der Waals surface area contributed by atoms with E-state index >= 15 is 0 Å². The molecule has 4 heteroatoms. The van der Waals surface area contributed by atoms with Crippen LogP contribution in [-0.4, -0.2) is 30.9 Å². The highest BCUT2D eigenvalue weighted by atomic mass is 79.9. The summed E-state index contributed by atoms with van der Waals surface area (Å²) in [6, 6.07) is 5.97. The van der Waals surface area contributed by atoms with Gasteiger partial charge in [-0.2, -0.15) is 0 Å². The van der Waals surface area contributed by atoms with Gasteiger partial charge in [0, 0.05) is 13.1 Å². The van der Waals surface area contributed by atoms with E-state index in [9.17, 15) is 5.11 Å². The van der Waals surface area contributed by atoms with Crippen molar-refractivity contribution in [1.82, 2.24) is 5.32 Å². The zero-order chi connectivity index (χ0) is 14.9. The molecule has 2 saturated carbocycles. The molecule has 0 spiro atoms. The number of aliphatic hydroxyl groups is 1. The minimum absolute atomic E-state index is 0.324. The molecular formula is C17H24BrNO2. The second-order valence-corrected chi connectivity index (χ2v) is 7.52. The van der Waals surface area contributed by atoms with Crippen LogP contribution in [0.1, 0.15) is 31.2 Å². The van der Waals surface area contributed by atoms with E-state index in [0.717, 1.165) is 22.7 Å². The number of hydrogen-bond donors (Lipinski definition) is 2. The van der Waals surface area contributed by atoms with E-state index in [2.05, 4.69) is 21.2 Å².